The summed E-state index contributed by atoms with van der Waals surface area (Å²) in [5, 5.41) is 2.73. The van der Waals surface area contributed by atoms with Gasteiger partial charge in [0.15, 0.2) is 9.84 Å². The fourth-order valence-electron chi connectivity index (χ4n) is 3.47. The maximum Gasteiger partial charge on any atom is 0.411 e. The topological polar surface area (TPSA) is 102 Å². The number of sulfone groups is 1. The number of carbonyl (C=O) groups excluding carboxylic acids is 2. The van der Waals surface area contributed by atoms with Gasteiger partial charge in [-0.05, 0) is 72.3 Å². The predicted molar refractivity (Wildman–Crippen MR) is 129 cm³/mol. The summed E-state index contributed by atoms with van der Waals surface area (Å²) < 4.78 is 35.9. The number of halogens is 1. The highest BCUT2D eigenvalue weighted by molar-refractivity contribution is 14.1. The van der Waals surface area contributed by atoms with Crippen LogP contribution in [-0.4, -0.2) is 44.7 Å². The molecule has 0 aromatic heterocycles. The van der Waals surface area contributed by atoms with Gasteiger partial charge in [0.1, 0.15) is 11.5 Å². The summed E-state index contributed by atoms with van der Waals surface area (Å²) in [5.41, 5.74) is 1.30. The van der Waals surface area contributed by atoms with Crippen LogP contribution >= 0.6 is 22.6 Å². The van der Waals surface area contributed by atoms with Gasteiger partial charge >= 0.3 is 6.09 Å². The molecular weight excluding hydrogens is 547 g/mol. The highest BCUT2D eigenvalue weighted by atomic mass is 127. The molecule has 1 heterocycles. The summed E-state index contributed by atoms with van der Waals surface area (Å²) in [6, 6.07) is 9.61. The van der Waals surface area contributed by atoms with Crippen LogP contribution in [0.3, 0.4) is 0 Å². The van der Waals surface area contributed by atoms with Crippen LogP contribution in [0.2, 0.25) is 0 Å². The van der Waals surface area contributed by atoms with Crippen molar-refractivity contribution in [1.29, 1.82) is 0 Å². The van der Waals surface area contributed by atoms with Crippen LogP contribution in [0.4, 0.5) is 10.5 Å². The molecule has 172 valence electrons. The lowest BCUT2D eigenvalue weighted by Crippen LogP contribution is -2.23. The Labute approximate surface area is 201 Å². The van der Waals surface area contributed by atoms with Gasteiger partial charge in [-0.25, -0.2) is 13.2 Å². The number of benzene rings is 2. The second-order valence-corrected chi connectivity index (χ2v) is 10.7. The Bertz CT molecular complexity index is 1120. The molecule has 0 radical (unpaired) electrons. The largest absolute Gasteiger partial charge is 0.457 e. The zero-order chi connectivity index (χ0) is 23.5. The Balaban J connectivity index is 1.97. The molecule has 1 aliphatic heterocycles. The third kappa shape index (κ3) is 5.34. The number of nitrogens with zero attached hydrogens (tertiary/aromatic N) is 1. The molecule has 32 heavy (non-hydrogen) atoms. The summed E-state index contributed by atoms with van der Waals surface area (Å²) in [7, 11) is -1.56. The summed E-state index contributed by atoms with van der Waals surface area (Å²) in [6.45, 7) is 3.57. The van der Waals surface area contributed by atoms with Crippen molar-refractivity contribution in [3.63, 3.8) is 0 Å². The van der Waals surface area contributed by atoms with E-state index in [1.807, 2.05) is 0 Å². The molecule has 0 saturated carbocycles. The van der Waals surface area contributed by atoms with Crippen molar-refractivity contribution < 1.29 is 27.5 Å². The van der Waals surface area contributed by atoms with Crippen LogP contribution in [-0.2, 0) is 19.4 Å². The maximum atomic E-state index is 12.1. The van der Waals surface area contributed by atoms with Crippen molar-refractivity contribution in [2.45, 2.75) is 37.6 Å². The molecule has 2 aromatic rings. The van der Waals surface area contributed by atoms with E-state index in [0.717, 1.165) is 9.13 Å². The standard InChI is InChI=1S/C22H25IN2O6S/c1-4-30-22(27)24-18-12-16(19-10-11-21(26)25(19)3)20(13-17(18)23)31-14-6-8-15(9-7-14)32(28,29)5-2/h6-9,12-13,19H,4-5,10-11H2,1-3H3,(H,24,27). The number of amides is 2. The first-order chi connectivity index (χ1) is 15.2. The molecule has 10 heteroatoms. The van der Waals surface area contributed by atoms with Gasteiger partial charge in [-0.15, -0.1) is 0 Å². The van der Waals surface area contributed by atoms with E-state index in [0.29, 0.717) is 30.0 Å². The fraction of sp³-hybridized carbons (Fsp3) is 0.364. The molecule has 1 atom stereocenters. The molecule has 1 N–H and O–H groups in total. The van der Waals surface area contributed by atoms with Gasteiger partial charge < -0.3 is 14.4 Å². The normalized spacial score (nSPS) is 16.2. The van der Waals surface area contributed by atoms with E-state index in [4.69, 9.17) is 9.47 Å². The second-order valence-electron chi connectivity index (χ2n) is 7.25. The Kier molecular flexibility index (Phi) is 7.65. The fourth-order valence-corrected chi connectivity index (χ4v) is 4.93. The molecule has 0 bridgehead atoms. The van der Waals surface area contributed by atoms with Gasteiger partial charge in [-0.1, -0.05) is 6.92 Å². The van der Waals surface area contributed by atoms with Crippen molar-refractivity contribution in [2.75, 3.05) is 24.7 Å². The average molecular weight is 572 g/mol. The van der Waals surface area contributed by atoms with Gasteiger partial charge in [-0.2, -0.15) is 0 Å². The van der Waals surface area contributed by atoms with Crippen LogP contribution in [0.25, 0.3) is 0 Å². The van der Waals surface area contributed by atoms with Gasteiger partial charge in [0.25, 0.3) is 0 Å². The number of nitrogens with one attached hydrogen (secondary N) is 1. The number of ether oxygens (including phenoxy) is 2. The first-order valence-corrected chi connectivity index (χ1v) is 12.9. The Morgan fingerprint density at radius 2 is 1.91 bits per heavy atom. The Hall–Kier alpha value is -2.34. The molecule has 0 spiro atoms. The van der Waals surface area contributed by atoms with E-state index < -0.39 is 15.9 Å². The summed E-state index contributed by atoms with van der Waals surface area (Å²) in [6.07, 6.45) is 0.490. The molecule has 1 unspecified atom stereocenters. The monoisotopic (exact) mass is 572 g/mol. The van der Waals surface area contributed by atoms with E-state index in [-0.39, 0.29) is 29.2 Å². The molecular formula is C22H25IN2O6S. The first kappa shape index (κ1) is 24.3. The maximum absolute atomic E-state index is 12.1. The lowest BCUT2D eigenvalue weighted by Gasteiger charge is -2.24. The van der Waals surface area contributed by atoms with Crippen LogP contribution in [0.5, 0.6) is 11.5 Å². The summed E-state index contributed by atoms with van der Waals surface area (Å²) in [5.74, 6) is 1.05. The van der Waals surface area contributed by atoms with Crippen LogP contribution < -0.4 is 10.1 Å². The number of carbonyl (C=O) groups is 2. The molecule has 1 fully saturated rings. The van der Waals surface area contributed by atoms with E-state index in [1.54, 1.807) is 50.1 Å². The minimum absolute atomic E-state index is 0.0204. The molecule has 0 aliphatic carbocycles. The van der Waals surface area contributed by atoms with Crippen molar-refractivity contribution in [3.05, 3.63) is 45.5 Å². The Morgan fingerprint density at radius 1 is 1.22 bits per heavy atom. The third-order valence-corrected chi connectivity index (χ3v) is 7.90. The quantitative estimate of drug-likeness (QED) is 0.481. The number of rotatable bonds is 7. The average Bonchev–Trinajstić information content (AvgIpc) is 3.09. The number of likely N-dealkylation sites (tertiary alicyclic amines) is 1. The van der Waals surface area contributed by atoms with E-state index in [2.05, 4.69) is 27.9 Å². The zero-order valence-corrected chi connectivity index (χ0v) is 21.0. The van der Waals surface area contributed by atoms with Crippen molar-refractivity contribution in [2.24, 2.45) is 0 Å². The van der Waals surface area contributed by atoms with Gasteiger partial charge in [0.2, 0.25) is 5.91 Å². The first-order valence-electron chi connectivity index (χ1n) is 10.2. The lowest BCUT2D eigenvalue weighted by atomic mass is 10.0. The second kappa shape index (κ2) is 10.1. The molecule has 2 amide bonds. The minimum Gasteiger partial charge on any atom is -0.457 e. The van der Waals surface area contributed by atoms with E-state index >= 15 is 0 Å². The smallest absolute Gasteiger partial charge is 0.411 e. The third-order valence-electron chi connectivity index (χ3n) is 5.25. The van der Waals surface area contributed by atoms with Gasteiger partial charge in [-0.3, -0.25) is 10.1 Å². The van der Waals surface area contributed by atoms with Crippen molar-refractivity contribution >= 4 is 50.1 Å². The minimum atomic E-state index is -3.30. The van der Waals surface area contributed by atoms with Crippen LogP contribution in [0.15, 0.2) is 41.3 Å². The number of hydrogen-bond donors (Lipinski definition) is 1. The van der Waals surface area contributed by atoms with Crippen molar-refractivity contribution in [3.8, 4) is 11.5 Å². The summed E-state index contributed by atoms with van der Waals surface area (Å²) in [4.78, 5) is 26.0. The predicted octanol–water partition coefficient (Wildman–Crippen LogP) is 4.74. The molecule has 8 nitrogen and oxygen atoms in total. The highest BCUT2D eigenvalue weighted by Crippen LogP contribution is 2.41. The number of anilines is 1. The van der Waals surface area contributed by atoms with Crippen LogP contribution in [0, 0.1) is 3.57 Å². The van der Waals surface area contributed by atoms with Gasteiger partial charge in [0, 0.05) is 22.6 Å². The lowest BCUT2D eigenvalue weighted by molar-refractivity contribution is -0.127. The molecule has 3 rings (SSSR count). The zero-order valence-electron chi connectivity index (χ0n) is 18.1. The number of hydrogen-bond acceptors (Lipinski definition) is 6. The van der Waals surface area contributed by atoms with Crippen LogP contribution in [0.1, 0.15) is 38.3 Å². The van der Waals surface area contributed by atoms with E-state index in [1.165, 1.54) is 12.1 Å². The SMILES string of the molecule is CCOC(=O)Nc1cc(C2CCC(=O)N2C)c(Oc2ccc(S(=O)(=O)CC)cc2)cc1I. The summed E-state index contributed by atoms with van der Waals surface area (Å²) >= 11 is 2.09. The van der Waals surface area contributed by atoms with E-state index in [9.17, 15) is 18.0 Å². The molecule has 2 aromatic carbocycles. The van der Waals surface area contributed by atoms with Gasteiger partial charge in [0.05, 0.1) is 29.0 Å². The molecule has 1 saturated heterocycles. The molecule has 1 aliphatic rings. The highest BCUT2D eigenvalue weighted by Gasteiger charge is 2.32. The Morgan fingerprint density at radius 3 is 2.47 bits per heavy atom. The van der Waals surface area contributed by atoms with Crippen molar-refractivity contribution in [1.82, 2.24) is 4.90 Å².